The number of benzene rings is 1. The van der Waals surface area contributed by atoms with Crippen molar-refractivity contribution in [3.8, 4) is 0 Å². The van der Waals surface area contributed by atoms with Crippen LogP contribution in [0, 0.1) is 13.8 Å². The van der Waals surface area contributed by atoms with E-state index in [-0.39, 0.29) is 0 Å². The Hall–Kier alpha value is -1.07. The number of aromatic nitrogens is 2. The molecular weight excluding hydrogens is 274 g/mol. The molecule has 0 saturated heterocycles. The van der Waals surface area contributed by atoms with E-state index in [9.17, 15) is 0 Å². The minimum absolute atomic E-state index is 0.868. The summed E-state index contributed by atoms with van der Waals surface area (Å²) in [5.41, 5.74) is 3.70. The van der Waals surface area contributed by atoms with Crippen LogP contribution in [0.15, 0.2) is 23.1 Å². The summed E-state index contributed by atoms with van der Waals surface area (Å²) >= 11 is 3.27. The molecule has 0 saturated carbocycles. The van der Waals surface area contributed by atoms with Crippen molar-refractivity contribution >= 4 is 28.3 Å². The Balaban J connectivity index is 2.00. The Bertz CT molecular complexity index is 537. The summed E-state index contributed by atoms with van der Waals surface area (Å²) in [7, 11) is 0. The van der Waals surface area contributed by atoms with Gasteiger partial charge in [-0.3, -0.25) is 0 Å². The molecule has 0 unspecified atom stereocenters. The van der Waals surface area contributed by atoms with Crippen molar-refractivity contribution in [1.82, 2.24) is 9.59 Å². The molecule has 19 heavy (non-hydrogen) atoms. The third-order valence-electron chi connectivity index (χ3n) is 2.79. The zero-order valence-corrected chi connectivity index (χ0v) is 13.2. The highest BCUT2D eigenvalue weighted by Gasteiger charge is 2.08. The second-order valence-electron chi connectivity index (χ2n) is 4.53. The van der Waals surface area contributed by atoms with Crippen LogP contribution in [0.2, 0.25) is 0 Å². The van der Waals surface area contributed by atoms with E-state index in [0.717, 1.165) is 29.4 Å². The van der Waals surface area contributed by atoms with Crippen LogP contribution in [0.3, 0.4) is 0 Å². The van der Waals surface area contributed by atoms with Gasteiger partial charge in [-0.1, -0.05) is 29.1 Å². The van der Waals surface area contributed by atoms with Gasteiger partial charge in [0.2, 0.25) is 0 Å². The van der Waals surface area contributed by atoms with E-state index in [4.69, 9.17) is 0 Å². The van der Waals surface area contributed by atoms with Crippen molar-refractivity contribution in [2.24, 2.45) is 0 Å². The van der Waals surface area contributed by atoms with Gasteiger partial charge in [-0.05, 0) is 31.9 Å². The normalized spacial score (nSPS) is 10.7. The fraction of sp³-hybridized carbons (Fsp3) is 0.429. The fourth-order valence-electron chi connectivity index (χ4n) is 1.78. The lowest BCUT2D eigenvalue weighted by molar-refractivity contribution is 0.976. The van der Waals surface area contributed by atoms with Crippen molar-refractivity contribution in [3.63, 3.8) is 0 Å². The molecule has 1 aromatic heterocycles. The van der Waals surface area contributed by atoms with E-state index in [1.165, 1.54) is 27.6 Å². The summed E-state index contributed by atoms with van der Waals surface area (Å²) < 4.78 is 4.04. The minimum atomic E-state index is 0.868. The lowest BCUT2D eigenvalue weighted by Gasteiger charge is -2.06. The maximum absolute atomic E-state index is 4.22. The average Bonchev–Trinajstić information content (AvgIpc) is 2.83. The molecule has 2 aromatic rings. The maximum atomic E-state index is 4.22. The van der Waals surface area contributed by atoms with Crippen molar-refractivity contribution in [2.75, 3.05) is 11.9 Å². The average molecular weight is 293 g/mol. The molecule has 0 fully saturated rings. The van der Waals surface area contributed by atoms with E-state index >= 15 is 0 Å². The molecule has 5 heteroatoms. The molecule has 1 aromatic carbocycles. The van der Waals surface area contributed by atoms with Crippen molar-refractivity contribution in [1.29, 1.82) is 0 Å². The van der Waals surface area contributed by atoms with Gasteiger partial charge in [0.15, 0.2) is 0 Å². The van der Waals surface area contributed by atoms with Gasteiger partial charge >= 0.3 is 0 Å². The highest BCUT2D eigenvalue weighted by molar-refractivity contribution is 7.98. The van der Waals surface area contributed by atoms with E-state index < -0.39 is 0 Å². The molecule has 102 valence electrons. The van der Waals surface area contributed by atoms with Crippen LogP contribution in [0.5, 0.6) is 0 Å². The molecule has 2 rings (SSSR count). The molecule has 0 amide bonds. The minimum Gasteiger partial charge on any atom is -0.374 e. The molecule has 0 spiro atoms. The topological polar surface area (TPSA) is 37.8 Å². The van der Waals surface area contributed by atoms with Gasteiger partial charge in [-0.15, -0.1) is 16.9 Å². The zero-order chi connectivity index (χ0) is 13.7. The molecule has 0 aliphatic rings. The van der Waals surface area contributed by atoms with Gasteiger partial charge in [-0.25, -0.2) is 0 Å². The van der Waals surface area contributed by atoms with E-state index in [1.807, 2.05) is 11.8 Å². The maximum Gasteiger partial charge on any atom is 0.134 e. The molecule has 0 radical (unpaired) electrons. The predicted octanol–water partition coefficient (Wildman–Crippen LogP) is 4.27. The van der Waals surface area contributed by atoms with Gasteiger partial charge in [0.1, 0.15) is 10.7 Å². The van der Waals surface area contributed by atoms with Gasteiger partial charge in [0, 0.05) is 28.7 Å². The van der Waals surface area contributed by atoms with Crippen molar-refractivity contribution in [3.05, 3.63) is 35.0 Å². The Morgan fingerprint density at radius 1 is 1.32 bits per heavy atom. The fourth-order valence-corrected chi connectivity index (χ4v) is 3.43. The van der Waals surface area contributed by atoms with E-state index in [1.54, 1.807) is 0 Å². The second-order valence-corrected chi connectivity index (χ2v) is 6.30. The van der Waals surface area contributed by atoms with Crippen LogP contribution >= 0.6 is 23.3 Å². The third-order valence-corrected chi connectivity index (χ3v) is 4.70. The summed E-state index contributed by atoms with van der Waals surface area (Å²) in [4.78, 5) is 1.32. The Kier molecular flexibility index (Phi) is 5.22. The lowest BCUT2D eigenvalue weighted by atomic mass is 10.2. The Labute approximate surface area is 123 Å². The lowest BCUT2D eigenvalue weighted by Crippen LogP contribution is -2.00. The van der Waals surface area contributed by atoms with Gasteiger partial charge in [0.25, 0.3) is 0 Å². The standard InChI is InChI=1S/C14H19N3S2/c1-4-7-15-14-12(16-17-19-14)9-18-13-6-5-10(2)8-11(13)3/h5-6,8,15H,4,7,9H2,1-3H3. The van der Waals surface area contributed by atoms with Gasteiger partial charge in [0.05, 0.1) is 0 Å². The van der Waals surface area contributed by atoms with Crippen LogP contribution in [-0.2, 0) is 5.75 Å². The molecule has 0 aliphatic carbocycles. The van der Waals surface area contributed by atoms with Crippen LogP contribution in [0.1, 0.15) is 30.2 Å². The first kappa shape index (κ1) is 14.3. The summed E-state index contributed by atoms with van der Waals surface area (Å²) in [6, 6.07) is 6.57. The number of hydrogen-bond acceptors (Lipinski definition) is 5. The zero-order valence-electron chi connectivity index (χ0n) is 11.6. The number of nitrogens with zero attached hydrogens (tertiary/aromatic N) is 2. The molecule has 0 bridgehead atoms. The summed E-state index contributed by atoms with van der Waals surface area (Å²) in [6.07, 6.45) is 1.11. The number of nitrogens with one attached hydrogen (secondary N) is 1. The van der Waals surface area contributed by atoms with E-state index in [2.05, 4.69) is 53.9 Å². The smallest absolute Gasteiger partial charge is 0.134 e. The first-order valence-corrected chi connectivity index (χ1v) is 8.21. The van der Waals surface area contributed by atoms with Gasteiger partial charge < -0.3 is 5.32 Å². The van der Waals surface area contributed by atoms with Crippen LogP contribution in [-0.4, -0.2) is 16.1 Å². The molecule has 0 aliphatic heterocycles. The predicted molar refractivity (Wildman–Crippen MR) is 84.2 cm³/mol. The Morgan fingerprint density at radius 3 is 2.89 bits per heavy atom. The third kappa shape index (κ3) is 3.94. The van der Waals surface area contributed by atoms with Crippen molar-refractivity contribution < 1.29 is 0 Å². The van der Waals surface area contributed by atoms with Crippen LogP contribution < -0.4 is 5.32 Å². The molecule has 1 N–H and O–H groups in total. The molecule has 3 nitrogen and oxygen atoms in total. The molecular formula is C14H19N3S2. The number of anilines is 1. The van der Waals surface area contributed by atoms with Gasteiger partial charge in [-0.2, -0.15) is 0 Å². The number of thioether (sulfide) groups is 1. The first-order chi connectivity index (χ1) is 9.20. The second kappa shape index (κ2) is 6.91. The molecule has 1 heterocycles. The first-order valence-electron chi connectivity index (χ1n) is 6.46. The van der Waals surface area contributed by atoms with Crippen LogP contribution in [0.4, 0.5) is 5.00 Å². The highest BCUT2D eigenvalue weighted by Crippen LogP contribution is 2.29. The summed E-state index contributed by atoms with van der Waals surface area (Å²) in [5.74, 6) is 0.868. The quantitative estimate of drug-likeness (QED) is 0.807. The summed E-state index contributed by atoms with van der Waals surface area (Å²) in [6.45, 7) is 7.42. The number of hydrogen-bond donors (Lipinski definition) is 1. The largest absolute Gasteiger partial charge is 0.374 e. The number of aryl methyl sites for hydroxylation is 2. The Morgan fingerprint density at radius 2 is 2.16 bits per heavy atom. The van der Waals surface area contributed by atoms with E-state index in [0.29, 0.717) is 0 Å². The number of rotatable bonds is 6. The SMILES string of the molecule is CCCNc1snnc1CSc1ccc(C)cc1C. The van der Waals surface area contributed by atoms with Crippen molar-refractivity contribution in [2.45, 2.75) is 37.8 Å². The monoisotopic (exact) mass is 293 g/mol. The molecule has 0 atom stereocenters. The highest BCUT2D eigenvalue weighted by atomic mass is 32.2. The van der Waals surface area contributed by atoms with Crippen LogP contribution in [0.25, 0.3) is 0 Å². The summed E-state index contributed by atoms with van der Waals surface area (Å²) in [5, 5.41) is 8.71.